The molecule has 0 bridgehead atoms. The van der Waals surface area contributed by atoms with Gasteiger partial charge in [0.25, 0.3) is 0 Å². The van der Waals surface area contributed by atoms with E-state index in [0.29, 0.717) is 25.0 Å². The fourth-order valence-corrected chi connectivity index (χ4v) is 3.18. The van der Waals surface area contributed by atoms with E-state index >= 15 is 0 Å². The summed E-state index contributed by atoms with van der Waals surface area (Å²) >= 11 is 0. The number of hydrogen-bond acceptors (Lipinski definition) is 5. The zero-order valence-corrected chi connectivity index (χ0v) is 16.4. The molecule has 2 aromatic rings. The SMILES string of the molecule is CN=C(NCc1coc(-c2ccccc2)n1)NC1CCN(CC(=O)NC)CC1. The lowest BCUT2D eigenvalue weighted by molar-refractivity contribution is -0.122. The molecular weight excluding hydrogens is 356 g/mol. The summed E-state index contributed by atoms with van der Waals surface area (Å²) in [4.78, 5) is 22.5. The molecule has 1 fully saturated rings. The van der Waals surface area contributed by atoms with Gasteiger partial charge in [0.1, 0.15) is 6.26 Å². The highest BCUT2D eigenvalue weighted by atomic mass is 16.3. The first-order valence-electron chi connectivity index (χ1n) is 9.58. The Bertz CT molecular complexity index is 781. The number of likely N-dealkylation sites (N-methyl/N-ethyl adjacent to an activating group) is 1. The molecule has 8 nitrogen and oxygen atoms in total. The van der Waals surface area contributed by atoms with Gasteiger partial charge in [0.15, 0.2) is 5.96 Å². The highest BCUT2D eigenvalue weighted by Gasteiger charge is 2.21. The number of guanidine groups is 1. The second-order valence-electron chi connectivity index (χ2n) is 6.80. The summed E-state index contributed by atoms with van der Waals surface area (Å²) in [6, 6.07) is 10.2. The highest BCUT2D eigenvalue weighted by Crippen LogP contribution is 2.17. The summed E-state index contributed by atoms with van der Waals surface area (Å²) in [6.45, 7) is 2.79. The molecule has 3 N–H and O–H groups in total. The van der Waals surface area contributed by atoms with E-state index in [0.717, 1.165) is 43.1 Å². The highest BCUT2D eigenvalue weighted by molar-refractivity contribution is 5.80. The maximum absolute atomic E-state index is 11.5. The molecule has 0 radical (unpaired) electrons. The number of nitrogens with one attached hydrogen (secondary N) is 3. The van der Waals surface area contributed by atoms with E-state index in [2.05, 4.69) is 30.8 Å². The molecule has 8 heteroatoms. The molecule has 2 heterocycles. The first kappa shape index (κ1) is 19.9. The van der Waals surface area contributed by atoms with E-state index in [-0.39, 0.29) is 5.91 Å². The third kappa shape index (κ3) is 5.56. The van der Waals surface area contributed by atoms with E-state index in [9.17, 15) is 4.79 Å². The van der Waals surface area contributed by atoms with E-state index in [1.807, 2.05) is 30.3 Å². The van der Waals surface area contributed by atoms with E-state index < -0.39 is 0 Å². The quantitative estimate of drug-likeness (QED) is 0.512. The number of benzene rings is 1. The van der Waals surface area contributed by atoms with Gasteiger partial charge in [-0.05, 0) is 25.0 Å². The van der Waals surface area contributed by atoms with Gasteiger partial charge in [-0.2, -0.15) is 0 Å². The molecule has 1 aliphatic rings. The molecule has 1 saturated heterocycles. The van der Waals surface area contributed by atoms with E-state index in [4.69, 9.17) is 4.42 Å². The van der Waals surface area contributed by atoms with Gasteiger partial charge in [-0.1, -0.05) is 18.2 Å². The summed E-state index contributed by atoms with van der Waals surface area (Å²) in [5.74, 6) is 1.42. The van der Waals surface area contributed by atoms with Crippen molar-refractivity contribution in [2.24, 2.45) is 4.99 Å². The van der Waals surface area contributed by atoms with Crippen LogP contribution in [-0.2, 0) is 11.3 Å². The van der Waals surface area contributed by atoms with Gasteiger partial charge >= 0.3 is 0 Å². The predicted molar refractivity (Wildman–Crippen MR) is 109 cm³/mol. The molecule has 1 aliphatic heterocycles. The lowest BCUT2D eigenvalue weighted by atomic mass is 10.1. The van der Waals surface area contributed by atoms with Crippen LogP contribution >= 0.6 is 0 Å². The van der Waals surface area contributed by atoms with Crippen LogP contribution in [0.4, 0.5) is 0 Å². The minimum absolute atomic E-state index is 0.0615. The summed E-state index contributed by atoms with van der Waals surface area (Å²) in [5, 5.41) is 9.41. The zero-order chi connectivity index (χ0) is 19.8. The van der Waals surface area contributed by atoms with Crippen LogP contribution in [-0.4, -0.2) is 61.5 Å². The Kier molecular flexibility index (Phi) is 7.02. The minimum atomic E-state index is 0.0615. The molecule has 0 unspecified atom stereocenters. The molecule has 28 heavy (non-hydrogen) atoms. The van der Waals surface area contributed by atoms with Gasteiger partial charge in [0.05, 0.1) is 18.8 Å². The van der Waals surface area contributed by atoms with Crippen LogP contribution in [0.1, 0.15) is 18.5 Å². The van der Waals surface area contributed by atoms with Crippen molar-refractivity contribution in [1.82, 2.24) is 25.8 Å². The Morgan fingerprint density at radius 3 is 2.71 bits per heavy atom. The molecule has 0 saturated carbocycles. The number of carbonyl (C=O) groups is 1. The molecule has 0 atom stereocenters. The number of likely N-dealkylation sites (tertiary alicyclic amines) is 1. The van der Waals surface area contributed by atoms with Crippen molar-refractivity contribution < 1.29 is 9.21 Å². The fourth-order valence-electron chi connectivity index (χ4n) is 3.18. The van der Waals surface area contributed by atoms with Crippen LogP contribution in [0.5, 0.6) is 0 Å². The molecule has 0 spiro atoms. The van der Waals surface area contributed by atoms with Crippen LogP contribution in [0.3, 0.4) is 0 Å². The average Bonchev–Trinajstić information content (AvgIpc) is 3.22. The number of piperidine rings is 1. The van der Waals surface area contributed by atoms with E-state index in [1.54, 1.807) is 20.4 Å². The standard InChI is InChI=1S/C20H28N6O2/c1-21-18(27)13-26-10-8-16(9-11-26)25-20(22-2)23-12-17-14-28-19(24-17)15-6-4-3-5-7-15/h3-7,14,16H,8-13H2,1-2H3,(H,21,27)(H2,22,23,25). The van der Waals surface area contributed by atoms with Gasteiger partial charge < -0.3 is 20.4 Å². The number of oxazole rings is 1. The number of nitrogens with zero attached hydrogens (tertiary/aromatic N) is 3. The Labute approximate surface area is 165 Å². The van der Waals surface area contributed by atoms with Gasteiger partial charge in [0, 0.05) is 38.8 Å². The maximum atomic E-state index is 11.5. The van der Waals surface area contributed by atoms with Gasteiger partial charge in [-0.15, -0.1) is 0 Å². The second kappa shape index (κ2) is 9.89. The number of aromatic nitrogens is 1. The van der Waals surface area contributed by atoms with Crippen LogP contribution < -0.4 is 16.0 Å². The van der Waals surface area contributed by atoms with Crippen LogP contribution in [0.15, 0.2) is 46.0 Å². The normalized spacial score (nSPS) is 16.0. The lowest BCUT2D eigenvalue weighted by Crippen LogP contribution is -2.49. The lowest BCUT2D eigenvalue weighted by Gasteiger charge is -2.32. The maximum Gasteiger partial charge on any atom is 0.233 e. The van der Waals surface area contributed by atoms with Crippen molar-refractivity contribution in [3.05, 3.63) is 42.3 Å². The Morgan fingerprint density at radius 2 is 2.04 bits per heavy atom. The largest absolute Gasteiger partial charge is 0.444 e. The summed E-state index contributed by atoms with van der Waals surface area (Å²) in [7, 11) is 3.43. The Morgan fingerprint density at radius 1 is 1.29 bits per heavy atom. The van der Waals surface area contributed by atoms with Gasteiger partial charge in [-0.3, -0.25) is 14.7 Å². The number of amides is 1. The van der Waals surface area contributed by atoms with Crippen LogP contribution in [0.2, 0.25) is 0 Å². The van der Waals surface area contributed by atoms with Crippen LogP contribution in [0.25, 0.3) is 11.5 Å². The first-order chi connectivity index (χ1) is 13.7. The third-order valence-corrected chi connectivity index (χ3v) is 4.81. The third-order valence-electron chi connectivity index (χ3n) is 4.81. The van der Waals surface area contributed by atoms with Gasteiger partial charge in [-0.25, -0.2) is 4.98 Å². The molecule has 1 aromatic carbocycles. The second-order valence-corrected chi connectivity index (χ2v) is 6.80. The van der Waals surface area contributed by atoms with Crippen molar-refractivity contribution in [3.8, 4) is 11.5 Å². The summed E-state index contributed by atoms with van der Waals surface area (Å²) in [6.07, 6.45) is 3.61. The summed E-state index contributed by atoms with van der Waals surface area (Å²) < 4.78 is 5.57. The number of rotatable bonds is 6. The molecule has 1 amide bonds. The number of aliphatic imine (C=N–C) groups is 1. The van der Waals surface area contributed by atoms with Crippen molar-refractivity contribution in [2.75, 3.05) is 33.7 Å². The molecule has 1 aromatic heterocycles. The smallest absolute Gasteiger partial charge is 0.233 e. The Balaban J connectivity index is 1.44. The zero-order valence-electron chi connectivity index (χ0n) is 16.4. The molecule has 0 aliphatic carbocycles. The van der Waals surface area contributed by atoms with Crippen molar-refractivity contribution in [3.63, 3.8) is 0 Å². The predicted octanol–water partition coefficient (Wildman–Crippen LogP) is 1.22. The topological polar surface area (TPSA) is 94.8 Å². The van der Waals surface area contributed by atoms with Crippen molar-refractivity contribution >= 4 is 11.9 Å². The Hall–Kier alpha value is -2.87. The molecule has 3 rings (SSSR count). The van der Waals surface area contributed by atoms with Crippen LogP contribution in [0, 0.1) is 0 Å². The van der Waals surface area contributed by atoms with Crippen molar-refractivity contribution in [2.45, 2.75) is 25.4 Å². The molecular formula is C20H28N6O2. The monoisotopic (exact) mass is 384 g/mol. The fraction of sp³-hybridized carbons (Fsp3) is 0.450. The first-order valence-corrected chi connectivity index (χ1v) is 9.58. The van der Waals surface area contributed by atoms with Crippen molar-refractivity contribution in [1.29, 1.82) is 0 Å². The number of carbonyl (C=O) groups excluding carboxylic acids is 1. The van der Waals surface area contributed by atoms with E-state index in [1.165, 1.54) is 0 Å². The number of hydrogen-bond donors (Lipinski definition) is 3. The van der Waals surface area contributed by atoms with Gasteiger partial charge in [0.2, 0.25) is 11.8 Å². The molecule has 150 valence electrons. The minimum Gasteiger partial charge on any atom is -0.444 e. The average molecular weight is 384 g/mol. The summed E-state index contributed by atoms with van der Waals surface area (Å²) in [5.41, 5.74) is 1.78.